The van der Waals surface area contributed by atoms with Crippen molar-refractivity contribution >= 4 is 29.0 Å². The molecule has 1 amide bonds. The molecule has 2 aliphatic heterocycles. The highest BCUT2D eigenvalue weighted by molar-refractivity contribution is 5.91. The van der Waals surface area contributed by atoms with Gasteiger partial charge in [-0.3, -0.25) is 4.79 Å². The topological polar surface area (TPSA) is 69.6 Å². The van der Waals surface area contributed by atoms with Crippen LogP contribution in [-0.2, 0) is 16.1 Å². The lowest BCUT2D eigenvalue weighted by Crippen LogP contribution is -2.48. The van der Waals surface area contributed by atoms with Crippen LogP contribution < -0.4 is 20.0 Å². The lowest BCUT2D eigenvalue weighted by Gasteiger charge is -2.35. The summed E-state index contributed by atoms with van der Waals surface area (Å²) in [6, 6.07) is 26.5. The molecule has 8 nitrogen and oxygen atoms in total. The van der Waals surface area contributed by atoms with Gasteiger partial charge in [0.2, 0.25) is 5.91 Å². The Bertz CT molecular complexity index is 1170. The van der Waals surface area contributed by atoms with Crippen LogP contribution in [0.25, 0.3) is 0 Å². The molecule has 0 radical (unpaired) electrons. The van der Waals surface area contributed by atoms with E-state index in [-0.39, 0.29) is 5.91 Å². The molecule has 180 valence electrons. The molecule has 1 N–H and O–H groups in total. The zero-order valence-corrected chi connectivity index (χ0v) is 19.8. The lowest BCUT2D eigenvalue weighted by molar-refractivity contribution is -0.129. The molecule has 3 aromatic carbocycles. The van der Waals surface area contributed by atoms with Gasteiger partial charge in [0.1, 0.15) is 12.4 Å². The Kier molecular flexibility index (Phi) is 6.70. The first-order chi connectivity index (χ1) is 17.1. The highest BCUT2D eigenvalue weighted by Gasteiger charge is 2.20. The number of carbonyl (C=O) groups excluding carboxylic acids is 1. The molecule has 5 rings (SSSR count). The van der Waals surface area contributed by atoms with Crippen molar-refractivity contribution in [3.63, 3.8) is 0 Å². The fourth-order valence-corrected chi connectivity index (χ4v) is 4.13. The molecule has 0 saturated carbocycles. The maximum Gasteiger partial charge on any atom is 0.313 e. The van der Waals surface area contributed by atoms with Gasteiger partial charge >= 0.3 is 6.02 Å². The van der Waals surface area contributed by atoms with E-state index in [1.165, 1.54) is 0 Å². The molecule has 0 spiro atoms. The third kappa shape index (κ3) is 5.66. The summed E-state index contributed by atoms with van der Waals surface area (Å²) in [7, 11) is 0. The Morgan fingerprint density at radius 3 is 2.43 bits per heavy atom. The monoisotopic (exact) mass is 471 g/mol. The number of rotatable bonds is 6. The average molecular weight is 472 g/mol. The third-order valence-electron chi connectivity index (χ3n) is 6.11. The van der Waals surface area contributed by atoms with Gasteiger partial charge in [-0.05, 0) is 42.0 Å². The highest BCUT2D eigenvalue weighted by atomic mass is 16.5. The zero-order valence-electron chi connectivity index (χ0n) is 19.8. The zero-order chi connectivity index (χ0) is 24.0. The minimum atomic E-state index is 0.141. The van der Waals surface area contributed by atoms with Gasteiger partial charge in [-0.25, -0.2) is 5.01 Å². The fraction of sp³-hybridized carbons (Fsp3) is 0.259. The minimum absolute atomic E-state index is 0.141. The van der Waals surface area contributed by atoms with Crippen molar-refractivity contribution in [2.45, 2.75) is 13.5 Å². The molecular formula is C27H29N5O3. The van der Waals surface area contributed by atoms with Gasteiger partial charge in [0.15, 0.2) is 6.73 Å². The van der Waals surface area contributed by atoms with E-state index in [0.717, 1.165) is 54.6 Å². The van der Waals surface area contributed by atoms with Crippen LogP contribution in [0.3, 0.4) is 0 Å². The maximum absolute atomic E-state index is 11.5. The second-order valence-corrected chi connectivity index (χ2v) is 8.51. The molecule has 2 aliphatic rings. The number of hydrogen-bond donors (Lipinski definition) is 1. The van der Waals surface area contributed by atoms with Crippen LogP contribution in [0.15, 0.2) is 84.0 Å². The van der Waals surface area contributed by atoms with E-state index < -0.39 is 0 Å². The van der Waals surface area contributed by atoms with Crippen molar-refractivity contribution in [1.82, 2.24) is 4.90 Å². The van der Waals surface area contributed by atoms with E-state index >= 15 is 0 Å². The van der Waals surface area contributed by atoms with Crippen LogP contribution >= 0.6 is 0 Å². The average Bonchev–Trinajstić information content (AvgIpc) is 3.37. The minimum Gasteiger partial charge on any atom is -0.489 e. The molecule has 1 saturated heterocycles. The number of anilines is 3. The first kappa shape index (κ1) is 22.6. The number of piperazine rings is 1. The fourth-order valence-electron chi connectivity index (χ4n) is 4.13. The number of carbonyl (C=O) groups is 1. The number of nitrogens with zero attached hydrogens (tertiary/aromatic N) is 4. The molecule has 3 aromatic rings. The summed E-state index contributed by atoms with van der Waals surface area (Å²) in [5.41, 5.74) is 4.06. The molecule has 35 heavy (non-hydrogen) atoms. The van der Waals surface area contributed by atoms with Crippen molar-refractivity contribution in [3.05, 3.63) is 84.4 Å². The highest BCUT2D eigenvalue weighted by Crippen LogP contribution is 2.25. The third-order valence-corrected chi connectivity index (χ3v) is 6.11. The normalized spacial score (nSPS) is 15.5. The van der Waals surface area contributed by atoms with Gasteiger partial charge in [-0.15, -0.1) is 5.10 Å². The van der Waals surface area contributed by atoms with E-state index in [1.807, 2.05) is 76.6 Å². The molecule has 8 heteroatoms. The van der Waals surface area contributed by atoms with Crippen LogP contribution in [0.1, 0.15) is 12.5 Å². The lowest BCUT2D eigenvalue weighted by atomic mass is 10.2. The van der Waals surface area contributed by atoms with E-state index in [0.29, 0.717) is 19.4 Å². The van der Waals surface area contributed by atoms with Gasteiger partial charge in [-0.1, -0.05) is 36.4 Å². The van der Waals surface area contributed by atoms with Crippen LogP contribution in [0.4, 0.5) is 17.1 Å². The van der Waals surface area contributed by atoms with Crippen LogP contribution in [0.5, 0.6) is 5.75 Å². The molecule has 0 atom stereocenters. The predicted octanol–water partition coefficient (Wildman–Crippen LogP) is 4.11. The summed E-state index contributed by atoms with van der Waals surface area (Å²) >= 11 is 0. The summed E-state index contributed by atoms with van der Waals surface area (Å²) in [6.45, 7) is 5.67. The van der Waals surface area contributed by atoms with Crippen LogP contribution in [0, 0.1) is 0 Å². The first-order valence-electron chi connectivity index (χ1n) is 11.8. The number of amidine groups is 1. The number of benzene rings is 3. The summed E-state index contributed by atoms with van der Waals surface area (Å²) < 4.78 is 11.7. The largest absolute Gasteiger partial charge is 0.489 e. The van der Waals surface area contributed by atoms with E-state index in [1.54, 1.807) is 6.92 Å². The second kappa shape index (κ2) is 10.4. The van der Waals surface area contributed by atoms with Crippen molar-refractivity contribution in [2.24, 2.45) is 5.10 Å². The van der Waals surface area contributed by atoms with Crippen molar-refractivity contribution in [2.75, 3.05) is 48.1 Å². The molecule has 0 unspecified atom stereocenters. The number of nitrogens with one attached hydrogen (secondary N) is 1. The molecule has 1 fully saturated rings. The summed E-state index contributed by atoms with van der Waals surface area (Å²) in [5.74, 6) is 0.914. The van der Waals surface area contributed by atoms with Crippen molar-refractivity contribution in [3.8, 4) is 5.75 Å². The summed E-state index contributed by atoms with van der Waals surface area (Å²) in [5, 5.41) is 9.60. The Hall–Kier alpha value is -4.20. The Balaban J connectivity index is 1.17. The van der Waals surface area contributed by atoms with Gasteiger partial charge < -0.3 is 24.6 Å². The number of hydrazone groups is 1. The summed E-state index contributed by atoms with van der Waals surface area (Å²) in [4.78, 5) is 15.7. The molecular weight excluding hydrogens is 442 g/mol. The van der Waals surface area contributed by atoms with Crippen molar-refractivity contribution in [1.29, 1.82) is 0 Å². The number of amides is 1. The summed E-state index contributed by atoms with van der Waals surface area (Å²) in [6.07, 6.45) is 0. The molecule has 0 aliphatic carbocycles. The molecule has 0 bridgehead atoms. The Morgan fingerprint density at radius 1 is 0.943 bits per heavy atom. The SMILES string of the molecule is CC(=O)N1CCN(c2ccc(N3COC(Nc4cccc(OCc5ccccc5)c4)=N3)cc2)CC1. The smallest absolute Gasteiger partial charge is 0.313 e. The van der Waals surface area contributed by atoms with Gasteiger partial charge in [0, 0.05) is 50.5 Å². The van der Waals surface area contributed by atoms with Gasteiger partial charge in [-0.2, -0.15) is 0 Å². The van der Waals surface area contributed by atoms with E-state index in [2.05, 4.69) is 27.5 Å². The van der Waals surface area contributed by atoms with Crippen LogP contribution in [0.2, 0.25) is 0 Å². The van der Waals surface area contributed by atoms with E-state index in [4.69, 9.17) is 9.47 Å². The number of ether oxygens (including phenoxy) is 2. The molecule has 0 aromatic heterocycles. The standard InChI is InChI=1S/C27H29N5O3/c1-21(33)30-14-16-31(17-15-30)24-10-12-25(13-11-24)32-20-35-27(29-32)28-23-8-5-9-26(18-23)34-19-22-6-3-2-4-7-22/h2-13,18H,14-17,19-20H2,1H3,(H,28,29). The molecule has 2 heterocycles. The first-order valence-corrected chi connectivity index (χ1v) is 11.8. The Morgan fingerprint density at radius 2 is 1.69 bits per heavy atom. The van der Waals surface area contributed by atoms with Gasteiger partial charge in [0.05, 0.1) is 5.69 Å². The second-order valence-electron chi connectivity index (χ2n) is 8.51. The Labute approximate surface area is 205 Å². The maximum atomic E-state index is 11.5. The van der Waals surface area contributed by atoms with Crippen molar-refractivity contribution < 1.29 is 14.3 Å². The van der Waals surface area contributed by atoms with Gasteiger partial charge in [0.25, 0.3) is 0 Å². The van der Waals surface area contributed by atoms with E-state index in [9.17, 15) is 4.79 Å². The predicted molar refractivity (Wildman–Crippen MR) is 138 cm³/mol. The quantitative estimate of drug-likeness (QED) is 0.584. The number of hydrogen-bond acceptors (Lipinski definition) is 7. The van der Waals surface area contributed by atoms with Crippen LogP contribution in [-0.4, -0.2) is 49.7 Å².